The standard InChI is InChI=1S/C14H9Br2F2NO/c1-7-5-9(15)11(18)6-12(7)19-14(20)8-3-2-4-10(17)13(8)16/h2-6H,1H3,(H,19,20). The summed E-state index contributed by atoms with van der Waals surface area (Å²) >= 11 is 6.09. The highest BCUT2D eigenvalue weighted by Crippen LogP contribution is 2.26. The Morgan fingerprint density at radius 2 is 1.85 bits per heavy atom. The first-order chi connectivity index (χ1) is 9.40. The van der Waals surface area contributed by atoms with Crippen molar-refractivity contribution in [2.75, 3.05) is 5.32 Å². The van der Waals surface area contributed by atoms with Gasteiger partial charge in [0.15, 0.2) is 0 Å². The van der Waals surface area contributed by atoms with Crippen molar-refractivity contribution in [3.05, 3.63) is 62.0 Å². The fraction of sp³-hybridized carbons (Fsp3) is 0.0714. The van der Waals surface area contributed by atoms with Crippen LogP contribution in [0.1, 0.15) is 15.9 Å². The zero-order valence-corrected chi connectivity index (χ0v) is 13.5. The lowest BCUT2D eigenvalue weighted by Crippen LogP contribution is -2.14. The molecule has 20 heavy (non-hydrogen) atoms. The molecule has 0 aliphatic heterocycles. The molecule has 2 nitrogen and oxygen atoms in total. The minimum atomic E-state index is -0.531. The molecule has 0 bridgehead atoms. The van der Waals surface area contributed by atoms with Crippen LogP contribution in [-0.2, 0) is 0 Å². The Kier molecular flexibility index (Phi) is 4.55. The SMILES string of the molecule is Cc1cc(Br)c(F)cc1NC(=O)c1cccc(F)c1Br. The van der Waals surface area contributed by atoms with Crippen LogP contribution in [0.4, 0.5) is 14.5 Å². The van der Waals surface area contributed by atoms with E-state index in [4.69, 9.17) is 0 Å². The molecule has 0 aliphatic carbocycles. The smallest absolute Gasteiger partial charge is 0.256 e. The largest absolute Gasteiger partial charge is 0.322 e. The first-order valence-corrected chi connectivity index (χ1v) is 7.19. The van der Waals surface area contributed by atoms with Gasteiger partial charge in [0.25, 0.3) is 5.91 Å². The number of hydrogen-bond acceptors (Lipinski definition) is 1. The van der Waals surface area contributed by atoms with Gasteiger partial charge in [0.05, 0.1) is 14.5 Å². The van der Waals surface area contributed by atoms with Crippen molar-refractivity contribution in [3.63, 3.8) is 0 Å². The van der Waals surface area contributed by atoms with Crippen LogP contribution in [0.25, 0.3) is 0 Å². The fourth-order valence-electron chi connectivity index (χ4n) is 1.65. The number of carbonyl (C=O) groups is 1. The second kappa shape index (κ2) is 6.01. The van der Waals surface area contributed by atoms with Crippen molar-refractivity contribution in [3.8, 4) is 0 Å². The molecule has 0 radical (unpaired) electrons. The molecule has 0 atom stereocenters. The number of amides is 1. The Labute approximate surface area is 131 Å². The van der Waals surface area contributed by atoms with E-state index >= 15 is 0 Å². The summed E-state index contributed by atoms with van der Waals surface area (Å²) in [6, 6.07) is 6.93. The van der Waals surface area contributed by atoms with Crippen LogP contribution in [0.2, 0.25) is 0 Å². The zero-order valence-electron chi connectivity index (χ0n) is 10.3. The number of rotatable bonds is 2. The average Bonchev–Trinajstić information content (AvgIpc) is 2.39. The normalized spacial score (nSPS) is 10.4. The summed E-state index contributed by atoms with van der Waals surface area (Å²) in [5.41, 5.74) is 1.18. The van der Waals surface area contributed by atoms with Gasteiger partial charge in [-0.15, -0.1) is 0 Å². The van der Waals surface area contributed by atoms with Crippen molar-refractivity contribution in [1.82, 2.24) is 0 Å². The third-order valence-electron chi connectivity index (χ3n) is 2.71. The molecular formula is C14H9Br2F2NO. The van der Waals surface area contributed by atoms with Crippen molar-refractivity contribution in [1.29, 1.82) is 0 Å². The maximum absolute atomic E-state index is 13.5. The van der Waals surface area contributed by atoms with Gasteiger partial charge in [0.2, 0.25) is 0 Å². The highest BCUT2D eigenvalue weighted by Gasteiger charge is 2.15. The molecule has 0 unspecified atom stereocenters. The second-order valence-electron chi connectivity index (χ2n) is 4.14. The van der Waals surface area contributed by atoms with Crippen LogP contribution in [0.15, 0.2) is 39.3 Å². The van der Waals surface area contributed by atoms with Crippen molar-refractivity contribution in [2.45, 2.75) is 6.92 Å². The van der Waals surface area contributed by atoms with Crippen LogP contribution >= 0.6 is 31.9 Å². The minimum Gasteiger partial charge on any atom is -0.322 e. The number of aryl methyl sites for hydroxylation is 1. The lowest BCUT2D eigenvalue weighted by atomic mass is 10.1. The topological polar surface area (TPSA) is 29.1 Å². The highest BCUT2D eigenvalue weighted by atomic mass is 79.9. The summed E-state index contributed by atoms with van der Waals surface area (Å²) in [6.07, 6.45) is 0. The van der Waals surface area contributed by atoms with E-state index in [-0.39, 0.29) is 10.0 Å². The van der Waals surface area contributed by atoms with Gasteiger partial charge in [0, 0.05) is 5.69 Å². The maximum Gasteiger partial charge on any atom is 0.256 e. The third-order valence-corrected chi connectivity index (χ3v) is 4.13. The Morgan fingerprint density at radius 1 is 1.15 bits per heavy atom. The lowest BCUT2D eigenvalue weighted by Gasteiger charge is -2.10. The van der Waals surface area contributed by atoms with Gasteiger partial charge < -0.3 is 5.32 Å². The van der Waals surface area contributed by atoms with E-state index in [0.29, 0.717) is 15.7 Å². The van der Waals surface area contributed by atoms with Crippen LogP contribution in [0.3, 0.4) is 0 Å². The summed E-state index contributed by atoms with van der Waals surface area (Å²) in [5.74, 6) is -1.53. The van der Waals surface area contributed by atoms with E-state index in [1.807, 2.05) is 0 Å². The fourth-order valence-corrected chi connectivity index (χ4v) is 2.55. The summed E-state index contributed by atoms with van der Waals surface area (Å²) < 4.78 is 27.3. The number of benzene rings is 2. The van der Waals surface area contributed by atoms with Crippen molar-refractivity contribution >= 4 is 43.5 Å². The molecule has 1 N–H and O–H groups in total. The van der Waals surface area contributed by atoms with Crippen molar-refractivity contribution in [2.24, 2.45) is 0 Å². The highest BCUT2D eigenvalue weighted by molar-refractivity contribution is 9.10. The molecule has 0 aliphatic rings. The molecule has 0 saturated heterocycles. The predicted octanol–water partition coefficient (Wildman–Crippen LogP) is 5.05. The van der Waals surface area contributed by atoms with Gasteiger partial charge in [-0.3, -0.25) is 4.79 Å². The molecule has 2 rings (SSSR count). The van der Waals surface area contributed by atoms with E-state index in [1.54, 1.807) is 13.0 Å². The molecule has 1 amide bonds. The number of nitrogens with one attached hydrogen (secondary N) is 1. The quantitative estimate of drug-likeness (QED) is 0.745. The molecule has 0 spiro atoms. The summed E-state index contributed by atoms with van der Waals surface area (Å²) in [5, 5.41) is 2.57. The van der Waals surface area contributed by atoms with E-state index < -0.39 is 17.5 Å². The zero-order chi connectivity index (χ0) is 14.9. The van der Waals surface area contributed by atoms with Gasteiger partial charge in [0.1, 0.15) is 11.6 Å². The van der Waals surface area contributed by atoms with Gasteiger partial charge in [-0.2, -0.15) is 0 Å². The molecule has 0 aromatic heterocycles. The molecule has 0 heterocycles. The molecule has 104 valence electrons. The molecule has 6 heteroatoms. The average molecular weight is 405 g/mol. The molecule has 0 saturated carbocycles. The summed E-state index contributed by atoms with van der Waals surface area (Å²) in [4.78, 5) is 12.1. The Hall–Kier alpha value is -1.27. The number of carbonyl (C=O) groups excluding carboxylic acids is 1. The van der Waals surface area contributed by atoms with Gasteiger partial charge in [-0.25, -0.2) is 8.78 Å². The number of halogens is 4. The second-order valence-corrected chi connectivity index (χ2v) is 5.78. The Balaban J connectivity index is 2.33. The predicted molar refractivity (Wildman–Crippen MR) is 80.9 cm³/mol. The van der Waals surface area contributed by atoms with Gasteiger partial charge in [-0.05, 0) is 68.6 Å². The number of anilines is 1. The summed E-state index contributed by atoms with van der Waals surface area (Å²) in [6.45, 7) is 1.74. The van der Waals surface area contributed by atoms with Crippen LogP contribution in [0, 0.1) is 18.6 Å². The van der Waals surface area contributed by atoms with Crippen molar-refractivity contribution < 1.29 is 13.6 Å². The minimum absolute atomic E-state index is 0.0766. The summed E-state index contributed by atoms with van der Waals surface area (Å²) in [7, 11) is 0. The van der Waals surface area contributed by atoms with Crippen LogP contribution in [0.5, 0.6) is 0 Å². The number of hydrogen-bond donors (Lipinski definition) is 1. The lowest BCUT2D eigenvalue weighted by molar-refractivity contribution is 0.102. The molecular weight excluding hydrogens is 396 g/mol. The Morgan fingerprint density at radius 3 is 2.55 bits per heavy atom. The monoisotopic (exact) mass is 403 g/mol. The maximum atomic E-state index is 13.5. The molecule has 2 aromatic rings. The molecule has 0 fully saturated rings. The first kappa shape index (κ1) is 15.1. The third kappa shape index (κ3) is 3.07. The van der Waals surface area contributed by atoms with E-state index in [9.17, 15) is 13.6 Å². The molecule has 2 aromatic carbocycles. The van der Waals surface area contributed by atoms with Crippen LogP contribution in [-0.4, -0.2) is 5.91 Å². The van der Waals surface area contributed by atoms with Gasteiger partial charge in [-0.1, -0.05) is 6.07 Å². The van der Waals surface area contributed by atoms with E-state index in [1.165, 1.54) is 24.3 Å². The first-order valence-electron chi connectivity index (χ1n) is 5.61. The van der Waals surface area contributed by atoms with E-state index in [2.05, 4.69) is 37.2 Å². The van der Waals surface area contributed by atoms with E-state index in [0.717, 1.165) is 0 Å². The van der Waals surface area contributed by atoms with Gasteiger partial charge >= 0.3 is 0 Å². The van der Waals surface area contributed by atoms with Crippen LogP contribution < -0.4 is 5.32 Å². The Bertz CT molecular complexity index is 689.